The molecule has 5 nitrogen and oxygen atoms in total. The average Bonchev–Trinajstić information content (AvgIpc) is 2.54. The van der Waals surface area contributed by atoms with E-state index in [1.165, 1.54) is 6.33 Å². The molecule has 2 rings (SSSR count). The molecule has 5 heteroatoms. The second kappa shape index (κ2) is 2.44. The number of hydrogen-bond acceptors (Lipinski definition) is 4. The van der Waals surface area contributed by atoms with Crippen molar-refractivity contribution in [2.75, 3.05) is 0 Å². The zero-order valence-electron chi connectivity index (χ0n) is 6.60. The van der Waals surface area contributed by atoms with E-state index in [0.717, 1.165) is 6.54 Å². The van der Waals surface area contributed by atoms with Crippen molar-refractivity contribution in [1.82, 2.24) is 19.5 Å². The van der Waals surface area contributed by atoms with Gasteiger partial charge in [-0.2, -0.15) is 0 Å². The van der Waals surface area contributed by atoms with Crippen LogP contribution >= 0.6 is 0 Å². The van der Waals surface area contributed by atoms with E-state index in [2.05, 4.69) is 15.0 Å². The highest BCUT2D eigenvalue weighted by molar-refractivity contribution is 5.56. The minimum Gasteiger partial charge on any atom is -0.492 e. The van der Waals surface area contributed by atoms with Gasteiger partial charge in [0, 0.05) is 6.54 Å². The Balaban J connectivity index is 2.71. The van der Waals surface area contributed by atoms with Crippen molar-refractivity contribution in [3.63, 3.8) is 0 Å². The number of aromatic nitrogens is 4. The van der Waals surface area contributed by atoms with E-state index in [0.29, 0.717) is 11.5 Å². The Morgan fingerprint density at radius 2 is 2.25 bits per heavy atom. The third kappa shape index (κ3) is 0.827. The van der Waals surface area contributed by atoms with Crippen molar-refractivity contribution in [3.05, 3.63) is 12.7 Å². The molecular formula is C7H8N4O. The highest BCUT2D eigenvalue weighted by atomic mass is 16.3. The third-order valence-electron chi connectivity index (χ3n) is 1.72. The van der Waals surface area contributed by atoms with E-state index >= 15 is 0 Å². The maximum atomic E-state index is 9.25. The standard InChI is InChI=1S/C7H8N4O/c1-2-11-4-10-7(12)5-6(11)9-3-8-5/h3-4,12H,2H2,1H3. The molecular weight excluding hydrogens is 156 g/mol. The molecule has 0 amide bonds. The number of aromatic hydroxyl groups is 1. The average molecular weight is 164 g/mol. The van der Waals surface area contributed by atoms with Crippen LogP contribution in [0.5, 0.6) is 5.88 Å². The quantitative estimate of drug-likeness (QED) is 0.666. The highest BCUT2D eigenvalue weighted by Crippen LogP contribution is 2.23. The minimum atomic E-state index is -0.0628. The monoisotopic (exact) mass is 164 g/mol. The van der Waals surface area contributed by atoms with Crippen LogP contribution in [0.15, 0.2) is 12.7 Å². The molecule has 0 aliphatic carbocycles. The molecule has 2 heterocycles. The molecule has 12 heavy (non-hydrogen) atoms. The summed E-state index contributed by atoms with van der Waals surface area (Å²) in [5, 5.41) is 9.25. The Kier molecular flexibility index (Phi) is 1.43. The smallest absolute Gasteiger partial charge is 0.242 e. The number of imidazole rings is 1. The van der Waals surface area contributed by atoms with Gasteiger partial charge in [-0.1, -0.05) is 0 Å². The van der Waals surface area contributed by atoms with Gasteiger partial charge in [0.15, 0.2) is 11.5 Å². The molecule has 0 spiro atoms. The van der Waals surface area contributed by atoms with Gasteiger partial charge in [-0.05, 0) is 6.92 Å². The van der Waals surface area contributed by atoms with Crippen LogP contribution in [0, 0.1) is 0 Å². The molecule has 0 aromatic rings. The second-order valence-corrected chi connectivity index (χ2v) is 2.40. The van der Waals surface area contributed by atoms with Crippen LogP contribution < -0.4 is 0 Å². The Morgan fingerprint density at radius 1 is 1.42 bits per heavy atom. The first-order chi connectivity index (χ1) is 5.83. The lowest BCUT2D eigenvalue weighted by Gasteiger charge is -2.06. The van der Waals surface area contributed by atoms with Gasteiger partial charge in [0.25, 0.3) is 0 Å². The number of nitrogens with zero attached hydrogens (tertiary/aromatic N) is 4. The first-order valence-electron chi connectivity index (χ1n) is 3.67. The Hall–Kier alpha value is -1.65. The van der Waals surface area contributed by atoms with Crippen molar-refractivity contribution < 1.29 is 5.11 Å². The summed E-state index contributed by atoms with van der Waals surface area (Å²) in [4.78, 5) is 11.7. The summed E-state index contributed by atoms with van der Waals surface area (Å²) in [5.41, 5.74) is 0.458. The Morgan fingerprint density at radius 3 is 3.00 bits per heavy atom. The zero-order valence-corrected chi connectivity index (χ0v) is 6.60. The van der Waals surface area contributed by atoms with Gasteiger partial charge >= 0.3 is 0 Å². The van der Waals surface area contributed by atoms with Crippen molar-refractivity contribution in [2.24, 2.45) is 0 Å². The predicted octanol–water partition coefficient (Wildman–Crippen LogP) is 0.503. The van der Waals surface area contributed by atoms with Crippen LogP contribution in [-0.2, 0) is 6.54 Å². The van der Waals surface area contributed by atoms with Crippen LogP contribution in [0.25, 0.3) is 11.5 Å². The van der Waals surface area contributed by atoms with Crippen molar-refractivity contribution >= 4 is 0 Å². The molecule has 2 aliphatic rings. The maximum Gasteiger partial charge on any atom is 0.242 e. The summed E-state index contributed by atoms with van der Waals surface area (Å²) in [6, 6.07) is 0. The molecule has 62 valence electrons. The van der Waals surface area contributed by atoms with E-state index in [1.54, 1.807) is 6.33 Å². The van der Waals surface area contributed by atoms with Gasteiger partial charge in [0.1, 0.15) is 12.7 Å². The first kappa shape index (κ1) is 7.02. The van der Waals surface area contributed by atoms with Gasteiger partial charge in [-0.15, -0.1) is 0 Å². The summed E-state index contributed by atoms with van der Waals surface area (Å²) < 4.78 is 1.82. The summed E-state index contributed by atoms with van der Waals surface area (Å²) in [6.45, 7) is 2.75. The number of hydrogen-bond donors (Lipinski definition) is 1. The van der Waals surface area contributed by atoms with Crippen molar-refractivity contribution in [2.45, 2.75) is 13.5 Å². The number of fused-ring (bicyclic) bond motifs is 1. The summed E-state index contributed by atoms with van der Waals surface area (Å²) in [7, 11) is 0. The van der Waals surface area contributed by atoms with Gasteiger partial charge in [0.2, 0.25) is 5.88 Å². The summed E-state index contributed by atoms with van der Waals surface area (Å²) in [6.07, 6.45) is 2.96. The molecule has 0 atom stereocenters. The Bertz CT molecular complexity index is 370. The first-order valence-corrected chi connectivity index (χ1v) is 3.67. The fourth-order valence-electron chi connectivity index (χ4n) is 1.10. The largest absolute Gasteiger partial charge is 0.492 e. The lowest BCUT2D eigenvalue weighted by molar-refractivity contribution is 0.448. The molecule has 0 radical (unpaired) electrons. The maximum absolute atomic E-state index is 9.25. The van der Waals surface area contributed by atoms with Gasteiger partial charge in [-0.25, -0.2) is 15.0 Å². The van der Waals surface area contributed by atoms with Crippen LogP contribution in [0.3, 0.4) is 0 Å². The van der Waals surface area contributed by atoms with Crippen LogP contribution in [0.4, 0.5) is 0 Å². The van der Waals surface area contributed by atoms with Gasteiger partial charge < -0.3 is 9.67 Å². The molecule has 0 saturated carbocycles. The van der Waals surface area contributed by atoms with Gasteiger partial charge in [0.05, 0.1) is 0 Å². The Labute approximate surface area is 69.1 Å². The number of rotatable bonds is 1. The van der Waals surface area contributed by atoms with E-state index in [4.69, 9.17) is 0 Å². The van der Waals surface area contributed by atoms with Crippen molar-refractivity contribution in [3.8, 4) is 17.4 Å². The van der Waals surface area contributed by atoms with Crippen LogP contribution in [0.2, 0.25) is 0 Å². The zero-order chi connectivity index (χ0) is 8.55. The molecule has 2 aliphatic heterocycles. The lowest BCUT2D eigenvalue weighted by Crippen LogP contribution is -2.02. The highest BCUT2D eigenvalue weighted by Gasteiger charge is 2.14. The van der Waals surface area contributed by atoms with Crippen molar-refractivity contribution in [1.29, 1.82) is 0 Å². The molecule has 0 bridgehead atoms. The lowest BCUT2D eigenvalue weighted by atomic mass is 10.4. The van der Waals surface area contributed by atoms with E-state index < -0.39 is 0 Å². The molecule has 0 unspecified atom stereocenters. The van der Waals surface area contributed by atoms with E-state index in [-0.39, 0.29) is 5.88 Å². The van der Waals surface area contributed by atoms with Crippen LogP contribution in [-0.4, -0.2) is 24.6 Å². The third-order valence-corrected chi connectivity index (χ3v) is 1.72. The van der Waals surface area contributed by atoms with Gasteiger partial charge in [-0.3, -0.25) is 0 Å². The summed E-state index contributed by atoms with van der Waals surface area (Å²) in [5.74, 6) is 0.609. The topological polar surface area (TPSA) is 63.8 Å². The molecule has 1 N–H and O–H groups in total. The number of aryl methyl sites for hydroxylation is 1. The molecule has 0 aromatic carbocycles. The molecule has 0 saturated heterocycles. The second-order valence-electron chi connectivity index (χ2n) is 2.40. The normalized spacial score (nSPS) is 10.8. The summed E-state index contributed by atoms with van der Waals surface area (Å²) >= 11 is 0. The fraction of sp³-hybridized carbons (Fsp3) is 0.286. The fourth-order valence-corrected chi connectivity index (χ4v) is 1.10. The SMILES string of the molecule is CCn1cnc(O)c2ncnc1-2. The molecule has 0 aromatic heterocycles. The van der Waals surface area contributed by atoms with Crippen LogP contribution in [0.1, 0.15) is 6.92 Å². The predicted molar refractivity (Wildman–Crippen MR) is 41.8 cm³/mol. The van der Waals surface area contributed by atoms with E-state index in [1.807, 2.05) is 11.5 Å². The minimum absolute atomic E-state index is 0.0628. The van der Waals surface area contributed by atoms with E-state index in [9.17, 15) is 5.11 Å². The molecule has 0 fully saturated rings.